The van der Waals surface area contributed by atoms with Crippen molar-refractivity contribution in [3.05, 3.63) is 42.2 Å². The molecule has 3 aliphatic rings. The molecule has 7 atom stereocenters. The van der Waals surface area contributed by atoms with Gasteiger partial charge in [-0.15, -0.1) is 18.0 Å². The van der Waals surface area contributed by atoms with Crippen molar-refractivity contribution >= 4 is 19.9 Å². The van der Waals surface area contributed by atoms with E-state index < -0.39 is 13.7 Å². The number of hydrogen-bond donors (Lipinski definition) is 0. The Morgan fingerprint density at radius 3 is 2.33 bits per heavy atom. The molecule has 8 heteroatoms. The van der Waals surface area contributed by atoms with Crippen LogP contribution in [0.3, 0.4) is 0 Å². The molecule has 0 bridgehead atoms. The van der Waals surface area contributed by atoms with Gasteiger partial charge < -0.3 is 28.1 Å². The van der Waals surface area contributed by atoms with Crippen LogP contribution in [0.1, 0.15) is 78.6 Å². The van der Waals surface area contributed by atoms with Gasteiger partial charge in [-0.2, -0.15) is 0 Å². The summed E-state index contributed by atoms with van der Waals surface area (Å²) in [4.78, 5) is 0. The van der Waals surface area contributed by atoms with Crippen LogP contribution in [0, 0.1) is 24.2 Å². The van der Waals surface area contributed by atoms with Gasteiger partial charge in [-0.1, -0.05) is 44.9 Å². The van der Waals surface area contributed by atoms with Gasteiger partial charge in [0.25, 0.3) is 0 Å². The van der Waals surface area contributed by atoms with Crippen LogP contribution in [0.4, 0.5) is 0 Å². The van der Waals surface area contributed by atoms with Crippen molar-refractivity contribution in [2.75, 3.05) is 19.8 Å². The van der Waals surface area contributed by atoms with E-state index in [9.17, 15) is 0 Å². The number of alkyl halides is 1. The van der Waals surface area contributed by atoms with Gasteiger partial charge in [-0.05, 0) is 87.2 Å². The first-order chi connectivity index (χ1) is 20.6. The fraction of sp³-hybridized carbons (Fsp3) is 0.714. The number of terminal acetylenes is 1. The van der Waals surface area contributed by atoms with E-state index in [0.717, 1.165) is 63.1 Å². The summed E-state index contributed by atoms with van der Waals surface area (Å²) in [5.41, 5.74) is 0. The van der Waals surface area contributed by atoms with Crippen LogP contribution < -0.4 is 4.74 Å². The molecule has 0 amide bonds. The maximum atomic E-state index is 7.15. The summed E-state index contributed by atoms with van der Waals surface area (Å²) in [6.07, 6.45) is 15.4. The molecule has 2 saturated heterocycles. The van der Waals surface area contributed by atoms with Crippen LogP contribution in [0.5, 0.6) is 5.75 Å². The summed E-state index contributed by atoms with van der Waals surface area (Å²) < 4.78 is 38.9. The minimum atomic E-state index is -2.12. The van der Waals surface area contributed by atoms with Crippen LogP contribution >= 0.6 is 11.6 Å². The summed E-state index contributed by atoms with van der Waals surface area (Å²) in [6.45, 7) is 13.4. The van der Waals surface area contributed by atoms with E-state index in [1.165, 1.54) is 0 Å². The second-order valence-electron chi connectivity index (χ2n) is 13.7. The summed E-state index contributed by atoms with van der Waals surface area (Å²) in [6, 6.07) is 9.90. The molecule has 1 aromatic carbocycles. The molecular formula is C35H53ClO6Si. The van der Waals surface area contributed by atoms with E-state index >= 15 is 0 Å². The molecule has 43 heavy (non-hydrogen) atoms. The molecule has 0 spiro atoms. The minimum absolute atomic E-state index is 0.0196. The average molecular weight is 633 g/mol. The first kappa shape index (κ1) is 34.3. The van der Waals surface area contributed by atoms with Crippen molar-refractivity contribution in [3.63, 3.8) is 0 Å². The van der Waals surface area contributed by atoms with Crippen LogP contribution in [-0.4, -0.2) is 58.3 Å². The Morgan fingerprint density at radius 1 is 1.05 bits per heavy atom. The molecule has 1 aromatic rings. The van der Waals surface area contributed by atoms with Crippen molar-refractivity contribution in [1.82, 2.24) is 0 Å². The van der Waals surface area contributed by atoms with Gasteiger partial charge in [0.2, 0.25) is 0 Å². The maximum Gasteiger partial charge on any atom is 0.199 e. The zero-order chi connectivity index (χ0) is 30.9. The Labute approximate surface area is 266 Å². The molecule has 0 N–H and O–H groups in total. The zero-order valence-corrected chi connectivity index (χ0v) is 28.7. The predicted molar refractivity (Wildman–Crippen MR) is 175 cm³/mol. The highest BCUT2D eigenvalue weighted by Gasteiger charge is 2.52. The van der Waals surface area contributed by atoms with Crippen molar-refractivity contribution in [2.45, 2.75) is 127 Å². The Kier molecular flexibility index (Phi) is 12.9. The van der Waals surface area contributed by atoms with E-state index in [2.05, 4.69) is 45.9 Å². The number of rotatable bonds is 13. The van der Waals surface area contributed by atoms with E-state index in [4.69, 9.17) is 46.1 Å². The van der Waals surface area contributed by atoms with Crippen LogP contribution in [-0.2, 0) is 23.4 Å². The smallest absolute Gasteiger partial charge is 0.199 e. The monoisotopic (exact) mass is 632 g/mol. The van der Waals surface area contributed by atoms with Gasteiger partial charge in [0.15, 0.2) is 20.9 Å². The Hall–Kier alpha value is -1.53. The fourth-order valence-electron chi connectivity index (χ4n) is 6.01. The van der Waals surface area contributed by atoms with E-state index in [1.807, 2.05) is 30.3 Å². The Bertz CT molecular complexity index is 1040. The molecule has 6 nitrogen and oxygen atoms in total. The lowest BCUT2D eigenvalue weighted by Gasteiger charge is -2.40. The topological polar surface area (TPSA) is 55.4 Å². The Balaban J connectivity index is 1.66. The molecule has 2 aliphatic heterocycles. The molecule has 3 fully saturated rings. The fourth-order valence-corrected chi connectivity index (χ4v) is 7.60. The molecule has 1 aliphatic carbocycles. The summed E-state index contributed by atoms with van der Waals surface area (Å²) >= 11 is 6.72. The quantitative estimate of drug-likeness (QED) is 0.0715. The van der Waals surface area contributed by atoms with E-state index in [-0.39, 0.29) is 41.7 Å². The normalized spacial score (nSPS) is 29.6. The third-order valence-electron chi connectivity index (χ3n) is 9.39. The zero-order valence-electron chi connectivity index (χ0n) is 26.9. The van der Waals surface area contributed by atoms with Crippen molar-refractivity contribution in [2.24, 2.45) is 11.8 Å². The van der Waals surface area contributed by atoms with Gasteiger partial charge in [0.1, 0.15) is 11.5 Å². The molecule has 240 valence electrons. The van der Waals surface area contributed by atoms with E-state index in [1.54, 1.807) is 0 Å². The highest BCUT2D eigenvalue weighted by Crippen LogP contribution is 2.48. The van der Waals surface area contributed by atoms with Gasteiger partial charge in [0, 0.05) is 25.4 Å². The summed E-state index contributed by atoms with van der Waals surface area (Å²) in [5.74, 6) is 4.41. The lowest BCUT2D eigenvalue weighted by Crippen LogP contribution is -2.45. The highest BCUT2D eigenvalue weighted by molar-refractivity contribution is 6.74. The Morgan fingerprint density at radius 2 is 1.72 bits per heavy atom. The number of hydrogen-bond acceptors (Lipinski definition) is 6. The number of ether oxygens (including phenoxy) is 5. The molecular weight excluding hydrogens is 580 g/mol. The second-order valence-corrected chi connectivity index (χ2v) is 18.9. The SMILES string of the molecule is C#C[C@@H](Cl)C[C@H]1[C@H](/C(=C\CCOc2ccccc2)OC2CCCCO2)[C@@H](OC2CCCCO2)C[C@H]1O[Si](C)(C)C(C)(C)C. The van der Waals surface area contributed by atoms with Gasteiger partial charge in [-0.25, -0.2) is 0 Å². The standard InChI is InChI=1S/C35H53ClO6Si/c1-7-26(36)24-28-30(42-43(5,6)35(2,3)4)25-31(41-33-20-12-14-22-39-33)34(28)29(40-32-19-11-13-21-38-32)18-15-23-37-27-16-9-8-10-17-27/h1,8-10,16-18,26,28,30-34H,11-15,19-25H2,2-6H3/b29-18+/t26-,28-,30-,31+,32?,33?,34-/m1/s1. The second kappa shape index (κ2) is 16.2. The first-order valence-corrected chi connectivity index (χ1v) is 19.6. The predicted octanol–water partition coefficient (Wildman–Crippen LogP) is 8.45. The number of para-hydroxylation sites is 1. The van der Waals surface area contributed by atoms with Crippen LogP contribution in [0.2, 0.25) is 18.1 Å². The van der Waals surface area contributed by atoms with Crippen molar-refractivity contribution in [3.8, 4) is 18.1 Å². The molecule has 1 saturated carbocycles. The van der Waals surface area contributed by atoms with Crippen molar-refractivity contribution < 1.29 is 28.1 Å². The molecule has 4 rings (SSSR count). The lowest BCUT2D eigenvalue weighted by molar-refractivity contribution is -0.201. The molecule has 0 aromatic heterocycles. The summed E-state index contributed by atoms with van der Waals surface area (Å²) in [7, 11) is -2.12. The number of halogens is 1. The van der Waals surface area contributed by atoms with Gasteiger partial charge in [0.05, 0.1) is 30.8 Å². The van der Waals surface area contributed by atoms with Crippen molar-refractivity contribution in [1.29, 1.82) is 0 Å². The van der Waals surface area contributed by atoms with Gasteiger partial charge in [-0.3, -0.25) is 0 Å². The highest BCUT2D eigenvalue weighted by atomic mass is 35.5. The average Bonchev–Trinajstić information content (AvgIpc) is 3.30. The minimum Gasteiger partial charge on any atom is -0.493 e. The third kappa shape index (κ3) is 9.98. The third-order valence-corrected chi connectivity index (χ3v) is 14.2. The van der Waals surface area contributed by atoms with Crippen LogP contribution in [0.25, 0.3) is 0 Å². The largest absolute Gasteiger partial charge is 0.493 e. The maximum absolute atomic E-state index is 7.15. The lowest BCUT2D eigenvalue weighted by atomic mass is 9.87. The molecule has 0 radical (unpaired) electrons. The number of benzene rings is 1. The van der Waals surface area contributed by atoms with Gasteiger partial charge >= 0.3 is 0 Å². The van der Waals surface area contributed by atoms with Crippen LogP contribution in [0.15, 0.2) is 42.2 Å². The molecule has 2 heterocycles. The summed E-state index contributed by atoms with van der Waals surface area (Å²) in [5, 5.41) is -0.360. The molecule has 2 unspecified atom stereocenters. The van der Waals surface area contributed by atoms with E-state index in [0.29, 0.717) is 26.1 Å². The first-order valence-electron chi connectivity index (χ1n) is 16.3.